The topological polar surface area (TPSA) is 132 Å². The minimum Gasteiger partial charge on any atom is -0.618 e. The van der Waals surface area contributed by atoms with Crippen LogP contribution in [-0.4, -0.2) is 33.9 Å². The highest BCUT2D eigenvalue weighted by Gasteiger charge is 2.32. The van der Waals surface area contributed by atoms with E-state index in [-0.39, 0.29) is 37.6 Å². The van der Waals surface area contributed by atoms with E-state index < -0.39 is 12.3 Å². The minimum atomic E-state index is -1.000. The van der Waals surface area contributed by atoms with Crippen molar-refractivity contribution in [2.75, 3.05) is 5.75 Å². The predicted octanol–water partition coefficient (Wildman–Crippen LogP) is 5.30. The standard InChI is InChI=1S/C34H34N2O7S/c37-21-23-7-9-26(10-8-23)30-19-29(22-44-32-6-1-2-17-36(32)41)42-34(43-30)27-13-11-25(12-14-27)28-5-3-4-24(18-28)20-35-31(38)15-16-33(39)40/h1-14,17-18,29-30,34,37H,15-16,19-22H2,(H,35,38)(H,39,40)/t29-,30+,34+/m0/s1. The molecule has 0 spiro atoms. The molecule has 3 aromatic carbocycles. The number of amides is 1. The van der Waals surface area contributed by atoms with Crippen LogP contribution < -0.4 is 10.0 Å². The summed E-state index contributed by atoms with van der Waals surface area (Å²) in [6.45, 7) is 0.281. The molecular weight excluding hydrogens is 580 g/mol. The van der Waals surface area contributed by atoms with Crippen LogP contribution in [0.2, 0.25) is 0 Å². The first-order valence-corrected chi connectivity index (χ1v) is 15.4. The lowest BCUT2D eigenvalue weighted by molar-refractivity contribution is -0.645. The molecule has 1 fully saturated rings. The zero-order chi connectivity index (χ0) is 30.9. The Bertz CT molecular complexity index is 1560. The molecule has 0 bridgehead atoms. The Hall–Kier alpha value is -4.22. The quantitative estimate of drug-likeness (QED) is 0.111. The number of ether oxygens (including phenoxy) is 2. The fourth-order valence-electron chi connectivity index (χ4n) is 4.93. The number of hydrogen-bond donors (Lipinski definition) is 3. The van der Waals surface area contributed by atoms with Gasteiger partial charge in [0.2, 0.25) is 5.91 Å². The zero-order valence-corrected chi connectivity index (χ0v) is 24.8. The SMILES string of the molecule is O=C(O)CCC(=O)NCc1cccc(-c2ccc([C@@H]3O[C@H](CSc4cccc[n+]4[O-])C[C@H](c4ccc(CO)cc4)O3)cc2)c1. The van der Waals surface area contributed by atoms with Gasteiger partial charge in [-0.2, -0.15) is 4.73 Å². The second kappa shape index (κ2) is 15.0. The summed E-state index contributed by atoms with van der Waals surface area (Å²) in [7, 11) is 0. The summed E-state index contributed by atoms with van der Waals surface area (Å²) in [6, 6.07) is 28.8. The molecule has 0 unspecified atom stereocenters. The molecule has 4 aromatic rings. The van der Waals surface area contributed by atoms with E-state index in [1.165, 1.54) is 18.0 Å². The Morgan fingerprint density at radius 2 is 1.66 bits per heavy atom. The molecule has 2 heterocycles. The van der Waals surface area contributed by atoms with E-state index in [0.717, 1.165) is 38.1 Å². The van der Waals surface area contributed by atoms with Crippen LogP contribution in [-0.2, 0) is 32.2 Å². The lowest BCUT2D eigenvalue weighted by Gasteiger charge is -2.36. The van der Waals surface area contributed by atoms with Gasteiger partial charge in [-0.1, -0.05) is 78.5 Å². The van der Waals surface area contributed by atoms with E-state index in [4.69, 9.17) is 14.6 Å². The third-order valence-electron chi connectivity index (χ3n) is 7.32. The van der Waals surface area contributed by atoms with E-state index in [1.807, 2.05) is 78.9 Å². The molecule has 228 valence electrons. The normalized spacial score (nSPS) is 18.1. The molecule has 3 N–H and O–H groups in total. The maximum Gasteiger partial charge on any atom is 0.303 e. The van der Waals surface area contributed by atoms with Gasteiger partial charge in [0, 0.05) is 42.8 Å². The molecule has 44 heavy (non-hydrogen) atoms. The van der Waals surface area contributed by atoms with Crippen molar-refractivity contribution in [3.05, 3.63) is 125 Å². The summed E-state index contributed by atoms with van der Waals surface area (Å²) in [6.07, 6.45) is 0.820. The number of carbonyl (C=O) groups excluding carboxylic acids is 1. The van der Waals surface area contributed by atoms with Crippen molar-refractivity contribution in [1.82, 2.24) is 5.32 Å². The number of aliphatic hydroxyl groups is 1. The number of nitrogens with zero attached hydrogens (tertiary/aromatic N) is 1. The number of carbonyl (C=O) groups is 2. The van der Waals surface area contributed by atoms with Crippen molar-refractivity contribution in [2.45, 2.75) is 55.9 Å². The predicted molar refractivity (Wildman–Crippen MR) is 165 cm³/mol. The van der Waals surface area contributed by atoms with E-state index in [2.05, 4.69) is 5.32 Å². The highest BCUT2D eigenvalue weighted by atomic mass is 32.2. The molecule has 1 aliphatic rings. The number of carboxylic acid groups (broad SMARTS) is 1. The van der Waals surface area contributed by atoms with E-state index >= 15 is 0 Å². The fourth-order valence-corrected chi connectivity index (χ4v) is 5.86. The smallest absolute Gasteiger partial charge is 0.303 e. The molecule has 0 saturated carbocycles. The summed E-state index contributed by atoms with van der Waals surface area (Å²) >= 11 is 1.45. The first kappa shape index (κ1) is 31.2. The molecule has 10 heteroatoms. The Balaban J connectivity index is 1.29. The Morgan fingerprint density at radius 3 is 2.39 bits per heavy atom. The highest BCUT2D eigenvalue weighted by Crippen LogP contribution is 2.39. The van der Waals surface area contributed by atoms with Crippen molar-refractivity contribution >= 4 is 23.6 Å². The van der Waals surface area contributed by atoms with Gasteiger partial charge < -0.3 is 30.2 Å². The van der Waals surface area contributed by atoms with Crippen LogP contribution in [0.25, 0.3) is 11.1 Å². The number of carboxylic acids is 1. The summed E-state index contributed by atoms with van der Waals surface area (Å²) in [5, 5.41) is 33.8. The Labute approximate surface area is 260 Å². The van der Waals surface area contributed by atoms with Gasteiger partial charge in [-0.15, -0.1) is 0 Å². The maximum atomic E-state index is 12.2. The van der Waals surface area contributed by atoms with Crippen LogP contribution in [0.15, 0.2) is 102 Å². The van der Waals surface area contributed by atoms with E-state index in [0.29, 0.717) is 23.7 Å². The largest absolute Gasteiger partial charge is 0.618 e. The maximum absolute atomic E-state index is 12.2. The first-order chi connectivity index (χ1) is 21.4. The summed E-state index contributed by atoms with van der Waals surface area (Å²) in [4.78, 5) is 22.6. The van der Waals surface area contributed by atoms with Gasteiger partial charge >= 0.3 is 5.97 Å². The number of aromatic nitrogens is 1. The first-order valence-electron chi connectivity index (χ1n) is 14.4. The van der Waals surface area contributed by atoms with Crippen LogP contribution in [0.1, 0.15) is 53.9 Å². The average Bonchev–Trinajstić information content (AvgIpc) is 3.06. The molecule has 3 atom stereocenters. The number of aliphatic hydroxyl groups excluding tert-OH is 1. The molecule has 0 radical (unpaired) electrons. The second-order valence-electron chi connectivity index (χ2n) is 10.5. The molecule has 0 aliphatic carbocycles. The van der Waals surface area contributed by atoms with Crippen molar-refractivity contribution in [3.8, 4) is 11.1 Å². The summed E-state index contributed by atoms with van der Waals surface area (Å²) in [5.74, 6) is -0.722. The van der Waals surface area contributed by atoms with Crippen LogP contribution >= 0.6 is 11.8 Å². The molecule has 9 nitrogen and oxygen atoms in total. The highest BCUT2D eigenvalue weighted by molar-refractivity contribution is 7.99. The lowest BCUT2D eigenvalue weighted by Crippen LogP contribution is -2.32. The third kappa shape index (κ3) is 8.45. The van der Waals surface area contributed by atoms with Gasteiger partial charge in [0.05, 0.1) is 25.2 Å². The number of aliphatic carboxylic acids is 1. The average molecular weight is 615 g/mol. The van der Waals surface area contributed by atoms with Crippen LogP contribution in [0.4, 0.5) is 0 Å². The number of nitrogens with one attached hydrogen (secondary N) is 1. The van der Waals surface area contributed by atoms with Crippen LogP contribution in [0.5, 0.6) is 0 Å². The Kier molecular flexibility index (Phi) is 10.6. The number of benzene rings is 3. The van der Waals surface area contributed by atoms with Crippen molar-refractivity contribution in [3.63, 3.8) is 0 Å². The lowest BCUT2D eigenvalue weighted by atomic mass is 9.99. The summed E-state index contributed by atoms with van der Waals surface area (Å²) < 4.78 is 13.7. The van der Waals surface area contributed by atoms with Gasteiger partial charge in [0.1, 0.15) is 0 Å². The fraction of sp³-hybridized carbons (Fsp3) is 0.265. The van der Waals surface area contributed by atoms with E-state index in [1.54, 1.807) is 12.1 Å². The zero-order valence-electron chi connectivity index (χ0n) is 24.0. The number of rotatable bonds is 12. The molecule has 1 aromatic heterocycles. The van der Waals surface area contributed by atoms with Crippen LogP contribution in [0, 0.1) is 5.21 Å². The van der Waals surface area contributed by atoms with E-state index in [9.17, 15) is 19.9 Å². The van der Waals surface area contributed by atoms with Crippen molar-refractivity contribution in [2.24, 2.45) is 0 Å². The number of hydrogen-bond acceptors (Lipinski definition) is 7. The van der Waals surface area contributed by atoms with Gasteiger partial charge in [-0.05, 0) is 39.9 Å². The van der Waals surface area contributed by atoms with Gasteiger partial charge in [-0.25, -0.2) is 0 Å². The van der Waals surface area contributed by atoms with Crippen molar-refractivity contribution < 1.29 is 34.0 Å². The Morgan fingerprint density at radius 1 is 0.886 bits per heavy atom. The molecule has 1 saturated heterocycles. The monoisotopic (exact) mass is 614 g/mol. The van der Waals surface area contributed by atoms with Crippen molar-refractivity contribution in [1.29, 1.82) is 0 Å². The molecular formula is C34H34N2O7S. The third-order valence-corrected chi connectivity index (χ3v) is 8.47. The van der Waals surface area contributed by atoms with Gasteiger partial charge in [-0.3, -0.25) is 9.59 Å². The second-order valence-corrected chi connectivity index (χ2v) is 11.6. The molecule has 5 rings (SSSR count). The molecule has 1 amide bonds. The van der Waals surface area contributed by atoms with Crippen LogP contribution in [0.3, 0.4) is 0 Å². The summed E-state index contributed by atoms with van der Waals surface area (Å²) in [5.41, 5.74) is 5.55. The van der Waals surface area contributed by atoms with Gasteiger partial charge in [0.15, 0.2) is 12.5 Å². The van der Waals surface area contributed by atoms with Gasteiger partial charge in [0.25, 0.3) is 5.03 Å². The number of pyridine rings is 1. The number of thioether (sulfide) groups is 1. The minimum absolute atomic E-state index is 0.0280. The molecule has 1 aliphatic heterocycles.